The van der Waals surface area contributed by atoms with Crippen LogP contribution in [0.3, 0.4) is 0 Å². The van der Waals surface area contributed by atoms with Crippen molar-refractivity contribution >= 4 is 39.5 Å². The molecule has 0 fully saturated rings. The summed E-state index contributed by atoms with van der Waals surface area (Å²) >= 11 is 3.32. The first-order valence-electron chi connectivity index (χ1n) is 7.18. The number of hydrogen-bond acceptors (Lipinski definition) is 4. The lowest BCUT2D eigenvalue weighted by molar-refractivity contribution is -0.120. The number of carbonyl (C=O) groups is 2. The zero-order valence-corrected chi connectivity index (χ0v) is 14.6. The van der Waals surface area contributed by atoms with E-state index in [1.165, 1.54) is 6.08 Å². The molecule has 0 radical (unpaired) electrons. The van der Waals surface area contributed by atoms with Crippen molar-refractivity contribution in [2.24, 2.45) is 5.73 Å². The quantitative estimate of drug-likeness (QED) is 0.575. The van der Waals surface area contributed by atoms with E-state index in [0.717, 1.165) is 4.47 Å². The molecule has 0 unspecified atom stereocenters. The second kappa shape index (κ2) is 8.66. The largest absolute Gasteiger partial charge is 0.484 e. The van der Waals surface area contributed by atoms with Crippen LogP contribution in [0.4, 0.5) is 5.69 Å². The molecular formula is C18H14BrN3O3. The van der Waals surface area contributed by atoms with Crippen molar-refractivity contribution in [3.63, 3.8) is 0 Å². The molecule has 0 heterocycles. The summed E-state index contributed by atoms with van der Waals surface area (Å²) in [5, 5.41) is 11.9. The number of nitrogens with two attached hydrogens (primary N) is 1. The molecule has 0 aliphatic carbocycles. The lowest BCUT2D eigenvalue weighted by Gasteiger charge is -2.05. The predicted molar refractivity (Wildman–Crippen MR) is 97.5 cm³/mol. The monoisotopic (exact) mass is 399 g/mol. The van der Waals surface area contributed by atoms with Gasteiger partial charge in [-0.05, 0) is 42.0 Å². The number of primary amides is 1. The van der Waals surface area contributed by atoms with Crippen molar-refractivity contribution in [3.05, 3.63) is 64.1 Å². The number of carbonyl (C=O) groups excluding carboxylic acids is 2. The Kier molecular flexibility index (Phi) is 6.32. The van der Waals surface area contributed by atoms with Crippen molar-refractivity contribution in [1.82, 2.24) is 0 Å². The molecule has 0 saturated carbocycles. The summed E-state index contributed by atoms with van der Waals surface area (Å²) in [7, 11) is 0. The van der Waals surface area contributed by atoms with Crippen LogP contribution < -0.4 is 15.8 Å². The van der Waals surface area contributed by atoms with Gasteiger partial charge in [0.2, 0.25) is 0 Å². The summed E-state index contributed by atoms with van der Waals surface area (Å²) in [6, 6.07) is 15.5. The van der Waals surface area contributed by atoms with Crippen LogP contribution in [0.25, 0.3) is 6.08 Å². The van der Waals surface area contributed by atoms with Crippen LogP contribution in [-0.2, 0) is 9.59 Å². The van der Waals surface area contributed by atoms with E-state index < -0.39 is 11.8 Å². The highest BCUT2D eigenvalue weighted by atomic mass is 79.9. The van der Waals surface area contributed by atoms with Crippen molar-refractivity contribution in [1.29, 1.82) is 5.26 Å². The fraction of sp³-hybridized carbons (Fsp3) is 0.0556. The molecule has 2 rings (SSSR count). The number of anilines is 1. The molecule has 0 spiro atoms. The van der Waals surface area contributed by atoms with Gasteiger partial charge < -0.3 is 15.8 Å². The van der Waals surface area contributed by atoms with Gasteiger partial charge in [0.1, 0.15) is 17.4 Å². The minimum absolute atomic E-state index is 0.0363. The molecule has 6 nitrogen and oxygen atoms in total. The van der Waals surface area contributed by atoms with E-state index in [4.69, 9.17) is 10.5 Å². The summed E-state index contributed by atoms with van der Waals surface area (Å²) < 4.78 is 5.97. The number of nitrogens with one attached hydrogen (secondary N) is 1. The molecule has 2 aromatic carbocycles. The minimum atomic E-state index is -0.569. The van der Waals surface area contributed by atoms with Crippen LogP contribution in [0.15, 0.2) is 58.6 Å². The molecule has 0 aliphatic rings. The first-order valence-corrected chi connectivity index (χ1v) is 7.97. The maximum atomic E-state index is 12.2. The Bertz CT molecular complexity index is 855. The van der Waals surface area contributed by atoms with E-state index >= 15 is 0 Å². The topological polar surface area (TPSA) is 105 Å². The third kappa shape index (κ3) is 5.79. The number of rotatable bonds is 6. The van der Waals surface area contributed by atoms with E-state index in [1.807, 2.05) is 12.1 Å². The summed E-state index contributed by atoms with van der Waals surface area (Å²) in [6.07, 6.45) is 1.46. The molecule has 0 bridgehead atoms. The number of halogens is 1. The molecule has 2 amide bonds. The van der Waals surface area contributed by atoms with Crippen molar-refractivity contribution in [3.8, 4) is 11.8 Å². The predicted octanol–water partition coefficient (Wildman–Crippen LogP) is 2.86. The van der Waals surface area contributed by atoms with Gasteiger partial charge in [0.15, 0.2) is 6.61 Å². The van der Waals surface area contributed by atoms with Gasteiger partial charge in [-0.3, -0.25) is 9.59 Å². The zero-order valence-electron chi connectivity index (χ0n) is 13.0. The molecule has 0 aliphatic heterocycles. The smallest absolute Gasteiger partial charge is 0.266 e. The fourth-order valence-corrected chi connectivity index (χ4v) is 2.29. The second-order valence-electron chi connectivity index (χ2n) is 4.96. The van der Waals surface area contributed by atoms with Gasteiger partial charge in [-0.2, -0.15) is 5.26 Å². The van der Waals surface area contributed by atoms with E-state index in [2.05, 4.69) is 21.2 Å². The molecule has 126 valence electrons. The van der Waals surface area contributed by atoms with E-state index in [1.54, 1.807) is 42.5 Å². The van der Waals surface area contributed by atoms with Gasteiger partial charge in [-0.1, -0.05) is 34.1 Å². The number of amides is 2. The molecule has 7 heteroatoms. The molecule has 25 heavy (non-hydrogen) atoms. The number of nitriles is 1. The summed E-state index contributed by atoms with van der Waals surface area (Å²) in [5.74, 6) is -0.609. The van der Waals surface area contributed by atoms with Crippen LogP contribution in [0.2, 0.25) is 0 Å². The Hall–Kier alpha value is -3.11. The Morgan fingerprint density at radius 1 is 1.24 bits per heavy atom. The molecule has 0 aromatic heterocycles. The van der Waals surface area contributed by atoms with Crippen molar-refractivity contribution in [2.75, 3.05) is 11.9 Å². The van der Waals surface area contributed by atoms with E-state index in [-0.39, 0.29) is 12.2 Å². The first-order chi connectivity index (χ1) is 12.0. The maximum Gasteiger partial charge on any atom is 0.266 e. The summed E-state index contributed by atoms with van der Waals surface area (Å²) in [6.45, 7) is -0.215. The lowest BCUT2D eigenvalue weighted by atomic mass is 10.1. The van der Waals surface area contributed by atoms with Crippen LogP contribution >= 0.6 is 15.9 Å². The molecule has 0 atom stereocenters. The molecule has 0 saturated heterocycles. The average Bonchev–Trinajstić information content (AvgIpc) is 2.58. The van der Waals surface area contributed by atoms with Crippen molar-refractivity contribution in [2.45, 2.75) is 0 Å². The maximum absolute atomic E-state index is 12.2. The van der Waals surface area contributed by atoms with Crippen LogP contribution in [0, 0.1) is 11.3 Å². The third-order valence-corrected chi connectivity index (χ3v) is 3.51. The Balaban J connectivity index is 2.09. The molecule has 3 N–H and O–H groups in total. The number of ether oxygens (including phenoxy) is 1. The van der Waals surface area contributed by atoms with Crippen LogP contribution in [0.1, 0.15) is 5.56 Å². The first kappa shape index (κ1) is 18.2. The lowest BCUT2D eigenvalue weighted by Crippen LogP contribution is -2.19. The van der Waals surface area contributed by atoms with Crippen molar-refractivity contribution < 1.29 is 14.3 Å². The minimum Gasteiger partial charge on any atom is -0.484 e. The standard InChI is InChI=1S/C18H14BrN3O3/c19-14-2-1-3-15(9-14)22-18(24)13(10-20)8-12-4-6-16(7-5-12)25-11-17(21)23/h1-9H,11H2,(H2,21,23)(H,22,24)/b13-8+. The summed E-state index contributed by atoms with van der Waals surface area (Å²) in [5.41, 5.74) is 6.19. The van der Waals surface area contributed by atoms with Crippen LogP contribution in [0.5, 0.6) is 5.75 Å². The number of hydrogen-bond donors (Lipinski definition) is 2. The average molecular weight is 400 g/mol. The SMILES string of the molecule is N#C/C(=C\c1ccc(OCC(N)=O)cc1)C(=O)Nc1cccc(Br)c1. The molecular weight excluding hydrogens is 386 g/mol. The molecule has 2 aromatic rings. The van der Waals surface area contributed by atoms with Crippen LogP contribution in [-0.4, -0.2) is 18.4 Å². The van der Waals surface area contributed by atoms with Gasteiger partial charge >= 0.3 is 0 Å². The fourth-order valence-electron chi connectivity index (χ4n) is 1.89. The van der Waals surface area contributed by atoms with Gasteiger partial charge in [-0.25, -0.2) is 0 Å². The number of benzene rings is 2. The zero-order chi connectivity index (χ0) is 18.2. The highest BCUT2D eigenvalue weighted by molar-refractivity contribution is 9.10. The van der Waals surface area contributed by atoms with Gasteiger partial charge in [0.05, 0.1) is 0 Å². The van der Waals surface area contributed by atoms with Gasteiger partial charge in [0, 0.05) is 10.2 Å². The Morgan fingerprint density at radius 2 is 1.96 bits per heavy atom. The normalized spacial score (nSPS) is 10.6. The number of nitrogens with zero attached hydrogens (tertiary/aromatic N) is 1. The third-order valence-electron chi connectivity index (χ3n) is 3.02. The Morgan fingerprint density at radius 3 is 2.56 bits per heavy atom. The van der Waals surface area contributed by atoms with Gasteiger partial charge in [-0.15, -0.1) is 0 Å². The summed E-state index contributed by atoms with van der Waals surface area (Å²) in [4.78, 5) is 22.9. The van der Waals surface area contributed by atoms with Gasteiger partial charge in [0.25, 0.3) is 11.8 Å². The second-order valence-corrected chi connectivity index (χ2v) is 5.87. The highest BCUT2D eigenvalue weighted by Crippen LogP contribution is 2.18. The van der Waals surface area contributed by atoms with E-state index in [0.29, 0.717) is 17.0 Å². The van der Waals surface area contributed by atoms with E-state index in [9.17, 15) is 14.9 Å². The highest BCUT2D eigenvalue weighted by Gasteiger charge is 2.10. The Labute approximate surface area is 153 Å².